The lowest BCUT2D eigenvalue weighted by atomic mass is 9.95. The Bertz CT molecular complexity index is 971. The van der Waals surface area contributed by atoms with Gasteiger partial charge in [-0.05, 0) is 44.0 Å². The fourth-order valence-electron chi connectivity index (χ4n) is 3.70. The molecule has 3 aromatic rings. The number of hydrogen-bond donors (Lipinski definition) is 1. The number of aromatic nitrogens is 3. The summed E-state index contributed by atoms with van der Waals surface area (Å²) in [4.78, 5) is 17.4. The molecular weight excluding hydrogens is 364 g/mol. The van der Waals surface area contributed by atoms with E-state index in [1.54, 1.807) is 11.8 Å². The van der Waals surface area contributed by atoms with E-state index < -0.39 is 0 Å². The maximum Gasteiger partial charge on any atom is 0.291 e. The molecule has 1 heterocycles. The second-order valence-corrected chi connectivity index (χ2v) is 7.54. The molecule has 4 rings (SSSR count). The first kappa shape index (κ1) is 19.2. The Labute approximate surface area is 170 Å². The van der Waals surface area contributed by atoms with E-state index in [1.165, 1.54) is 12.0 Å². The summed E-state index contributed by atoms with van der Waals surface area (Å²) >= 11 is 0. The number of rotatable bonds is 5. The number of hydrogen-bond acceptors (Lipinski definition) is 4. The highest BCUT2D eigenvalue weighted by Gasteiger charge is 2.22. The molecule has 1 amide bonds. The minimum Gasteiger partial charge on any atom is -0.497 e. The molecule has 0 radical (unpaired) electrons. The maximum absolute atomic E-state index is 12.8. The van der Waals surface area contributed by atoms with Gasteiger partial charge in [-0.1, -0.05) is 49.1 Å². The van der Waals surface area contributed by atoms with Gasteiger partial charge >= 0.3 is 0 Å². The van der Waals surface area contributed by atoms with Crippen molar-refractivity contribution in [1.82, 2.24) is 20.1 Å². The molecule has 1 saturated carbocycles. The van der Waals surface area contributed by atoms with E-state index in [0.29, 0.717) is 5.82 Å². The first-order valence-electron chi connectivity index (χ1n) is 10.1. The van der Waals surface area contributed by atoms with Crippen LogP contribution >= 0.6 is 0 Å². The van der Waals surface area contributed by atoms with E-state index >= 15 is 0 Å². The molecule has 6 nitrogen and oxygen atoms in total. The average molecular weight is 390 g/mol. The molecule has 0 saturated heterocycles. The molecule has 1 fully saturated rings. The summed E-state index contributed by atoms with van der Waals surface area (Å²) < 4.78 is 6.97. The molecule has 6 heteroatoms. The number of carbonyl (C=O) groups excluding carboxylic acids is 1. The third kappa shape index (κ3) is 4.31. The fraction of sp³-hybridized carbons (Fsp3) is 0.348. The van der Waals surface area contributed by atoms with Crippen molar-refractivity contribution < 1.29 is 9.53 Å². The van der Waals surface area contributed by atoms with Gasteiger partial charge in [0.15, 0.2) is 5.82 Å². The van der Waals surface area contributed by atoms with Gasteiger partial charge in [0.2, 0.25) is 5.82 Å². The zero-order valence-corrected chi connectivity index (χ0v) is 16.9. The van der Waals surface area contributed by atoms with Crippen LogP contribution in [0.4, 0.5) is 0 Å². The molecule has 1 aliphatic rings. The minimum atomic E-state index is -0.211. The summed E-state index contributed by atoms with van der Waals surface area (Å²) in [6.07, 6.45) is 5.61. The number of methoxy groups -OCH3 is 1. The molecule has 1 aromatic heterocycles. The molecule has 0 unspecified atom stereocenters. The van der Waals surface area contributed by atoms with E-state index in [-0.39, 0.29) is 17.8 Å². The first-order valence-corrected chi connectivity index (χ1v) is 10.1. The van der Waals surface area contributed by atoms with Crippen LogP contribution in [-0.2, 0) is 0 Å². The predicted molar refractivity (Wildman–Crippen MR) is 112 cm³/mol. The van der Waals surface area contributed by atoms with Crippen molar-refractivity contribution in [2.75, 3.05) is 7.11 Å². The van der Waals surface area contributed by atoms with Crippen LogP contribution in [0.1, 0.15) is 48.3 Å². The van der Waals surface area contributed by atoms with Gasteiger partial charge in [-0.15, -0.1) is 5.10 Å². The van der Waals surface area contributed by atoms with Crippen LogP contribution in [0.5, 0.6) is 5.75 Å². The summed E-state index contributed by atoms with van der Waals surface area (Å²) in [7, 11) is 1.63. The molecule has 0 aliphatic heterocycles. The zero-order valence-electron chi connectivity index (χ0n) is 16.9. The van der Waals surface area contributed by atoms with Gasteiger partial charge in [0, 0.05) is 11.6 Å². The molecule has 1 N–H and O–H groups in total. The minimum absolute atomic E-state index is 0.196. The molecule has 150 valence electrons. The van der Waals surface area contributed by atoms with Crippen molar-refractivity contribution in [1.29, 1.82) is 0 Å². The molecule has 29 heavy (non-hydrogen) atoms. The number of aryl methyl sites for hydroxylation is 1. The van der Waals surface area contributed by atoms with Gasteiger partial charge in [0.25, 0.3) is 5.91 Å². The highest BCUT2D eigenvalue weighted by atomic mass is 16.5. The number of ether oxygens (including phenoxy) is 1. The van der Waals surface area contributed by atoms with Crippen LogP contribution in [0.2, 0.25) is 0 Å². The van der Waals surface area contributed by atoms with Crippen LogP contribution in [-0.4, -0.2) is 33.8 Å². The lowest BCUT2D eigenvalue weighted by molar-refractivity contribution is 0.0917. The van der Waals surface area contributed by atoms with Crippen LogP contribution in [0.25, 0.3) is 17.1 Å². The smallest absolute Gasteiger partial charge is 0.291 e. The highest BCUT2D eigenvalue weighted by molar-refractivity contribution is 5.91. The van der Waals surface area contributed by atoms with Crippen LogP contribution in [0, 0.1) is 6.92 Å². The van der Waals surface area contributed by atoms with Gasteiger partial charge < -0.3 is 10.1 Å². The highest BCUT2D eigenvalue weighted by Crippen LogP contribution is 2.24. The second-order valence-electron chi connectivity index (χ2n) is 7.54. The maximum atomic E-state index is 12.8. The Kier molecular flexibility index (Phi) is 5.60. The van der Waals surface area contributed by atoms with Crippen molar-refractivity contribution in [3.63, 3.8) is 0 Å². The summed E-state index contributed by atoms with van der Waals surface area (Å²) in [5, 5.41) is 7.66. The lowest BCUT2D eigenvalue weighted by Gasteiger charge is -2.21. The Morgan fingerprint density at radius 3 is 2.38 bits per heavy atom. The molecule has 0 spiro atoms. The topological polar surface area (TPSA) is 69.0 Å². The monoisotopic (exact) mass is 390 g/mol. The van der Waals surface area contributed by atoms with Gasteiger partial charge in [-0.25, -0.2) is 9.67 Å². The van der Waals surface area contributed by atoms with Crippen molar-refractivity contribution >= 4 is 5.91 Å². The van der Waals surface area contributed by atoms with Crippen LogP contribution in [0.15, 0.2) is 48.5 Å². The SMILES string of the molecule is COc1ccc(-n2nc(C(=O)NC3CCCCC3)nc2-c2ccc(C)cc2)cc1. The normalized spacial score (nSPS) is 14.6. The number of benzene rings is 2. The number of nitrogens with one attached hydrogen (secondary N) is 1. The van der Waals surface area contributed by atoms with Gasteiger partial charge in [0.1, 0.15) is 5.75 Å². The molecular formula is C23H26N4O2. The Morgan fingerprint density at radius 2 is 1.72 bits per heavy atom. The third-order valence-corrected chi connectivity index (χ3v) is 5.38. The number of nitrogens with zero attached hydrogens (tertiary/aromatic N) is 3. The van der Waals surface area contributed by atoms with Gasteiger partial charge in [-0.2, -0.15) is 0 Å². The van der Waals surface area contributed by atoms with Crippen LogP contribution in [0.3, 0.4) is 0 Å². The van der Waals surface area contributed by atoms with Crippen molar-refractivity contribution in [3.05, 3.63) is 59.9 Å². The zero-order chi connectivity index (χ0) is 20.2. The standard InChI is InChI=1S/C23H26N4O2/c1-16-8-10-17(11-9-16)22-25-21(23(28)24-18-6-4-3-5-7-18)26-27(22)19-12-14-20(29-2)15-13-19/h8-15,18H,3-7H2,1-2H3,(H,24,28). The van der Waals surface area contributed by atoms with Crippen molar-refractivity contribution in [2.45, 2.75) is 45.1 Å². The average Bonchev–Trinajstić information content (AvgIpc) is 3.21. The van der Waals surface area contributed by atoms with Gasteiger partial charge in [0.05, 0.1) is 12.8 Å². The fourth-order valence-corrected chi connectivity index (χ4v) is 3.70. The summed E-state index contributed by atoms with van der Waals surface area (Å²) in [5.41, 5.74) is 2.90. The number of carbonyl (C=O) groups is 1. The van der Waals surface area contributed by atoms with E-state index in [9.17, 15) is 4.79 Å². The Morgan fingerprint density at radius 1 is 1.03 bits per heavy atom. The molecule has 0 atom stereocenters. The Balaban J connectivity index is 1.69. The number of amides is 1. The molecule has 1 aliphatic carbocycles. The lowest BCUT2D eigenvalue weighted by Crippen LogP contribution is -2.36. The van der Waals surface area contributed by atoms with Gasteiger partial charge in [-0.3, -0.25) is 4.79 Å². The van der Waals surface area contributed by atoms with E-state index in [2.05, 4.69) is 15.4 Å². The second kappa shape index (κ2) is 8.47. The molecule has 0 bridgehead atoms. The van der Waals surface area contributed by atoms with Crippen molar-refractivity contribution in [2.24, 2.45) is 0 Å². The van der Waals surface area contributed by atoms with E-state index in [4.69, 9.17) is 4.74 Å². The summed E-state index contributed by atoms with van der Waals surface area (Å²) in [6, 6.07) is 15.8. The summed E-state index contributed by atoms with van der Waals surface area (Å²) in [5.74, 6) is 1.39. The third-order valence-electron chi connectivity index (χ3n) is 5.38. The summed E-state index contributed by atoms with van der Waals surface area (Å²) in [6.45, 7) is 2.04. The molecule has 2 aromatic carbocycles. The first-order chi connectivity index (χ1) is 14.1. The van der Waals surface area contributed by atoms with E-state index in [1.807, 2.05) is 55.5 Å². The van der Waals surface area contributed by atoms with Crippen LogP contribution < -0.4 is 10.1 Å². The predicted octanol–water partition coefficient (Wildman–Crippen LogP) is 4.31. The van der Waals surface area contributed by atoms with Crippen molar-refractivity contribution in [3.8, 4) is 22.8 Å². The quantitative estimate of drug-likeness (QED) is 0.705. The largest absolute Gasteiger partial charge is 0.497 e. The van der Waals surface area contributed by atoms with E-state index in [0.717, 1.165) is 42.7 Å². The Hall–Kier alpha value is -3.15.